The molecule has 0 unspecified atom stereocenters. The highest BCUT2D eigenvalue weighted by Gasteiger charge is 2.12. The summed E-state index contributed by atoms with van der Waals surface area (Å²) in [6.45, 7) is 4.38. The van der Waals surface area contributed by atoms with Crippen molar-refractivity contribution in [2.75, 3.05) is 33.0 Å². The summed E-state index contributed by atoms with van der Waals surface area (Å²) in [6, 6.07) is 12.0. The summed E-state index contributed by atoms with van der Waals surface area (Å²) in [4.78, 5) is 47.6. The summed E-state index contributed by atoms with van der Waals surface area (Å²) < 4.78 is 20.3. The number of hydrogen-bond acceptors (Lipinski definition) is 8. The molecule has 0 fully saturated rings. The molecule has 0 amide bonds. The molecule has 170 valence electrons. The number of ether oxygens (including phenoxy) is 4. The van der Waals surface area contributed by atoms with Gasteiger partial charge in [-0.1, -0.05) is 19.1 Å². The Balaban J connectivity index is 1.74. The lowest BCUT2D eigenvalue weighted by Gasteiger charge is -2.08. The fraction of sp³-hybridized carbons (Fsp3) is 0.333. The lowest BCUT2D eigenvalue weighted by molar-refractivity contribution is 0.0265. The van der Waals surface area contributed by atoms with E-state index in [1.807, 2.05) is 6.92 Å². The van der Waals surface area contributed by atoms with Crippen molar-refractivity contribution in [3.05, 3.63) is 70.8 Å². The molecule has 2 aromatic rings. The van der Waals surface area contributed by atoms with Gasteiger partial charge in [0.15, 0.2) is 5.78 Å². The van der Waals surface area contributed by atoms with Crippen molar-refractivity contribution in [3.63, 3.8) is 0 Å². The number of benzene rings is 2. The van der Waals surface area contributed by atoms with Crippen LogP contribution in [0.25, 0.3) is 0 Å². The van der Waals surface area contributed by atoms with E-state index in [-0.39, 0.29) is 31.2 Å². The second-order valence-corrected chi connectivity index (χ2v) is 6.54. The van der Waals surface area contributed by atoms with Gasteiger partial charge in [0.2, 0.25) is 0 Å². The van der Waals surface area contributed by atoms with Gasteiger partial charge in [0.05, 0.1) is 23.3 Å². The van der Waals surface area contributed by atoms with Crippen LogP contribution in [0.5, 0.6) is 0 Å². The molecule has 0 aromatic heterocycles. The average molecular weight is 442 g/mol. The Morgan fingerprint density at radius 2 is 0.906 bits per heavy atom. The van der Waals surface area contributed by atoms with Gasteiger partial charge >= 0.3 is 17.9 Å². The summed E-state index contributed by atoms with van der Waals surface area (Å²) in [6.07, 6.45) is 0.385. The second kappa shape index (κ2) is 13.0. The number of Topliss-reactive ketones (excluding diaryl/α,β-unsaturated/α-hetero) is 1. The number of rotatable bonds is 12. The zero-order valence-electron chi connectivity index (χ0n) is 18.1. The molecule has 32 heavy (non-hydrogen) atoms. The standard InChI is InChI=1S/C24H26O8/c1-3-21(25)17-5-7-18(8-6-17)23(27)31-15-16-32-24(28)20-11-9-19(10-12-20)22(26)30-14-13-29-4-2/h5-12H,3-4,13-16H2,1-2H3. The lowest BCUT2D eigenvalue weighted by Crippen LogP contribution is -2.14. The molecule has 0 radical (unpaired) electrons. The molecule has 0 aliphatic rings. The van der Waals surface area contributed by atoms with Crippen molar-refractivity contribution in [1.82, 2.24) is 0 Å². The van der Waals surface area contributed by atoms with Crippen LogP contribution >= 0.6 is 0 Å². The van der Waals surface area contributed by atoms with Crippen molar-refractivity contribution in [3.8, 4) is 0 Å². The van der Waals surface area contributed by atoms with Crippen molar-refractivity contribution in [2.45, 2.75) is 20.3 Å². The van der Waals surface area contributed by atoms with Crippen molar-refractivity contribution in [1.29, 1.82) is 0 Å². The van der Waals surface area contributed by atoms with Gasteiger partial charge in [0, 0.05) is 18.6 Å². The van der Waals surface area contributed by atoms with E-state index in [4.69, 9.17) is 18.9 Å². The van der Waals surface area contributed by atoms with E-state index in [0.29, 0.717) is 36.3 Å². The van der Waals surface area contributed by atoms with Gasteiger partial charge in [-0.05, 0) is 43.3 Å². The molecular weight excluding hydrogens is 416 g/mol. The monoisotopic (exact) mass is 442 g/mol. The van der Waals surface area contributed by atoms with Gasteiger partial charge in [0.25, 0.3) is 0 Å². The third-order valence-electron chi connectivity index (χ3n) is 4.33. The molecule has 0 heterocycles. The fourth-order valence-corrected chi connectivity index (χ4v) is 2.60. The van der Waals surface area contributed by atoms with Gasteiger partial charge in [0.1, 0.15) is 19.8 Å². The Hall–Kier alpha value is -3.52. The zero-order chi connectivity index (χ0) is 23.3. The van der Waals surface area contributed by atoms with E-state index >= 15 is 0 Å². The molecule has 2 aromatic carbocycles. The van der Waals surface area contributed by atoms with Crippen LogP contribution in [0.15, 0.2) is 48.5 Å². The molecule has 0 saturated carbocycles. The van der Waals surface area contributed by atoms with E-state index in [0.717, 1.165) is 0 Å². The number of ketones is 1. The Labute approximate surface area is 186 Å². The van der Waals surface area contributed by atoms with Crippen molar-refractivity contribution in [2.24, 2.45) is 0 Å². The summed E-state index contributed by atoms with van der Waals surface area (Å²) in [5.41, 5.74) is 1.38. The molecule has 0 spiro atoms. The van der Waals surface area contributed by atoms with Crippen molar-refractivity contribution < 1.29 is 38.1 Å². The van der Waals surface area contributed by atoms with Crippen LogP contribution in [0.2, 0.25) is 0 Å². The minimum atomic E-state index is -0.611. The van der Waals surface area contributed by atoms with Crippen LogP contribution in [0, 0.1) is 0 Å². The SMILES string of the molecule is CCOCCOC(=O)c1ccc(C(=O)OCCOC(=O)c2ccc(C(=O)CC)cc2)cc1. The topological polar surface area (TPSA) is 105 Å². The summed E-state index contributed by atoms with van der Waals surface area (Å²) >= 11 is 0. The summed E-state index contributed by atoms with van der Waals surface area (Å²) in [7, 11) is 0. The van der Waals surface area contributed by atoms with Crippen LogP contribution in [0.3, 0.4) is 0 Å². The molecule has 2 rings (SSSR count). The van der Waals surface area contributed by atoms with Crippen LogP contribution in [0.4, 0.5) is 0 Å². The minimum Gasteiger partial charge on any atom is -0.460 e. The first-order chi connectivity index (χ1) is 15.5. The van der Waals surface area contributed by atoms with E-state index in [1.54, 1.807) is 19.1 Å². The lowest BCUT2D eigenvalue weighted by atomic mass is 10.1. The Morgan fingerprint density at radius 3 is 1.25 bits per heavy atom. The predicted octanol–water partition coefficient (Wildman–Crippen LogP) is 3.49. The average Bonchev–Trinajstić information content (AvgIpc) is 2.83. The van der Waals surface area contributed by atoms with E-state index in [2.05, 4.69) is 0 Å². The number of carbonyl (C=O) groups excluding carboxylic acids is 4. The predicted molar refractivity (Wildman–Crippen MR) is 115 cm³/mol. The maximum atomic E-state index is 12.1. The molecule has 0 aliphatic carbocycles. The van der Waals surface area contributed by atoms with Gasteiger partial charge in [-0.3, -0.25) is 4.79 Å². The quantitative estimate of drug-likeness (QED) is 0.213. The molecule has 8 heteroatoms. The third-order valence-corrected chi connectivity index (χ3v) is 4.33. The second-order valence-electron chi connectivity index (χ2n) is 6.54. The zero-order valence-corrected chi connectivity index (χ0v) is 18.1. The van der Waals surface area contributed by atoms with Gasteiger partial charge < -0.3 is 18.9 Å². The normalized spacial score (nSPS) is 10.3. The Kier molecular flexibility index (Phi) is 10.1. The van der Waals surface area contributed by atoms with Crippen LogP contribution in [-0.2, 0) is 18.9 Å². The van der Waals surface area contributed by atoms with E-state index < -0.39 is 17.9 Å². The number of carbonyl (C=O) groups is 4. The third kappa shape index (κ3) is 7.63. The largest absolute Gasteiger partial charge is 0.460 e. The fourth-order valence-electron chi connectivity index (χ4n) is 2.60. The Morgan fingerprint density at radius 1 is 0.562 bits per heavy atom. The first kappa shape index (κ1) is 24.7. The van der Waals surface area contributed by atoms with Crippen LogP contribution in [-0.4, -0.2) is 56.7 Å². The van der Waals surface area contributed by atoms with Gasteiger partial charge in [-0.2, -0.15) is 0 Å². The summed E-state index contributed by atoms with van der Waals surface area (Å²) in [5.74, 6) is -1.71. The number of esters is 3. The van der Waals surface area contributed by atoms with Crippen molar-refractivity contribution >= 4 is 23.7 Å². The molecular formula is C24H26O8. The smallest absolute Gasteiger partial charge is 0.338 e. The maximum absolute atomic E-state index is 12.1. The molecule has 8 nitrogen and oxygen atoms in total. The summed E-state index contributed by atoms with van der Waals surface area (Å²) in [5, 5.41) is 0. The maximum Gasteiger partial charge on any atom is 0.338 e. The first-order valence-corrected chi connectivity index (χ1v) is 10.3. The van der Waals surface area contributed by atoms with Crippen LogP contribution < -0.4 is 0 Å². The van der Waals surface area contributed by atoms with E-state index in [1.165, 1.54) is 36.4 Å². The van der Waals surface area contributed by atoms with E-state index in [9.17, 15) is 19.2 Å². The van der Waals surface area contributed by atoms with Gasteiger partial charge in [-0.25, -0.2) is 14.4 Å². The Bertz CT molecular complexity index is 916. The first-order valence-electron chi connectivity index (χ1n) is 10.3. The molecule has 0 aliphatic heterocycles. The van der Waals surface area contributed by atoms with Gasteiger partial charge in [-0.15, -0.1) is 0 Å². The highest BCUT2D eigenvalue weighted by Crippen LogP contribution is 2.09. The molecule has 0 bridgehead atoms. The number of hydrogen-bond donors (Lipinski definition) is 0. The molecule has 0 atom stereocenters. The van der Waals surface area contributed by atoms with Crippen LogP contribution in [0.1, 0.15) is 61.7 Å². The minimum absolute atomic E-state index is 0.0108. The molecule has 0 N–H and O–H groups in total. The molecule has 0 saturated heterocycles. The highest BCUT2D eigenvalue weighted by molar-refractivity contribution is 5.97. The highest BCUT2D eigenvalue weighted by atomic mass is 16.6.